The van der Waals surface area contributed by atoms with Crippen LogP contribution in [0.25, 0.3) is 0 Å². The van der Waals surface area contributed by atoms with E-state index < -0.39 is 0 Å². The van der Waals surface area contributed by atoms with Crippen LogP contribution < -0.4 is 4.74 Å². The molecule has 0 bridgehead atoms. The van der Waals surface area contributed by atoms with Crippen molar-refractivity contribution in [3.63, 3.8) is 0 Å². The molecule has 1 unspecified atom stereocenters. The van der Waals surface area contributed by atoms with E-state index in [2.05, 4.69) is 39.7 Å². The van der Waals surface area contributed by atoms with Gasteiger partial charge >= 0.3 is 6.01 Å². The maximum Gasteiger partial charge on any atom is 0.316 e. The van der Waals surface area contributed by atoms with Crippen LogP contribution in [0.15, 0.2) is 16.9 Å². The van der Waals surface area contributed by atoms with Crippen LogP contribution in [0.5, 0.6) is 6.01 Å². The number of hydrogen-bond donors (Lipinski definition) is 0. The second-order valence-corrected chi connectivity index (χ2v) is 4.30. The van der Waals surface area contributed by atoms with Gasteiger partial charge in [0.25, 0.3) is 0 Å². The van der Waals surface area contributed by atoms with E-state index in [4.69, 9.17) is 4.74 Å². The van der Waals surface area contributed by atoms with E-state index in [0.29, 0.717) is 18.5 Å². The summed E-state index contributed by atoms with van der Waals surface area (Å²) < 4.78 is 6.30. The second-order valence-electron chi connectivity index (χ2n) is 3.39. The highest BCUT2D eigenvalue weighted by Crippen LogP contribution is 2.10. The first kappa shape index (κ1) is 11.4. The molecule has 1 aromatic rings. The molecule has 1 aromatic heterocycles. The minimum atomic E-state index is 0.455. The molecule has 0 aliphatic carbocycles. The lowest BCUT2D eigenvalue weighted by molar-refractivity contribution is 0.233. The van der Waals surface area contributed by atoms with Crippen molar-refractivity contribution in [3.05, 3.63) is 16.9 Å². The normalized spacial score (nSPS) is 12.5. The lowest BCUT2D eigenvalue weighted by atomic mass is 10.1. The van der Waals surface area contributed by atoms with Gasteiger partial charge in [0.15, 0.2) is 0 Å². The van der Waals surface area contributed by atoms with Crippen LogP contribution in [0.2, 0.25) is 0 Å². The van der Waals surface area contributed by atoms with E-state index in [0.717, 1.165) is 4.47 Å². The minimum absolute atomic E-state index is 0.455. The molecule has 1 heterocycles. The van der Waals surface area contributed by atoms with Crippen LogP contribution in [-0.2, 0) is 0 Å². The molecule has 0 saturated carbocycles. The first-order valence-electron chi connectivity index (χ1n) is 4.82. The molecule has 0 aliphatic heterocycles. The fraction of sp³-hybridized carbons (Fsp3) is 0.600. The molecular formula is C10H15BrN2O. The van der Waals surface area contributed by atoms with Gasteiger partial charge in [-0.2, -0.15) is 0 Å². The lowest BCUT2D eigenvalue weighted by Gasteiger charge is -2.09. The summed E-state index contributed by atoms with van der Waals surface area (Å²) in [5.41, 5.74) is 0. The van der Waals surface area contributed by atoms with Crippen molar-refractivity contribution >= 4 is 15.9 Å². The fourth-order valence-electron chi connectivity index (χ4n) is 1.17. The third-order valence-electron chi connectivity index (χ3n) is 1.88. The van der Waals surface area contributed by atoms with Crippen molar-refractivity contribution < 1.29 is 4.74 Å². The molecule has 78 valence electrons. The average molecular weight is 259 g/mol. The molecular weight excluding hydrogens is 244 g/mol. The third kappa shape index (κ3) is 4.05. The maximum atomic E-state index is 5.43. The highest BCUT2D eigenvalue weighted by Gasteiger charge is 2.03. The number of aromatic nitrogens is 2. The molecule has 0 aliphatic rings. The van der Waals surface area contributed by atoms with Gasteiger partial charge in [0.1, 0.15) is 0 Å². The molecule has 0 aromatic carbocycles. The van der Waals surface area contributed by atoms with Gasteiger partial charge in [0, 0.05) is 12.4 Å². The zero-order valence-electron chi connectivity index (χ0n) is 8.53. The molecule has 0 N–H and O–H groups in total. The summed E-state index contributed by atoms with van der Waals surface area (Å²) in [5, 5.41) is 0. The van der Waals surface area contributed by atoms with Gasteiger partial charge in [-0.1, -0.05) is 20.3 Å². The highest BCUT2D eigenvalue weighted by atomic mass is 79.9. The predicted molar refractivity (Wildman–Crippen MR) is 59.3 cm³/mol. The molecule has 0 fully saturated rings. The minimum Gasteiger partial charge on any atom is -0.463 e. The molecule has 0 spiro atoms. The van der Waals surface area contributed by atoms with Gasteiger partial charge in [-0.05, 0) is 28.3 Å². The van der Waals surface area contributed by atoms with Gasteiger partial charge in [-0.3, -0.25) is 0 Å². The van der Waals surface area contributed by atoms with Crippen LogP contribution >= 0.6 is 15.9 Å². The Hall–Kier alpha value is -0.640. The third-order valence-corrected chi connectivity index (χ3v) is 2.28. The average Bonchev–Trinajstić information content (AvgIpc) is 2.17. The summed E-state index contributed by atoms with van der Waals surface area (Å²) in [6, 6.07) is 0.455. The Morgan fingerprint density at radius 3 is 2.64 bits per heavy atom. The molecule has 1 rings (SSSR count). The Balaban J connectivity index is 2.34. The monoisotopic (exact) mass is 258 g/mol. The summed E-state index contributed by atoms with van der Waals surface area (Å²) in [6.45, 7) is 5.03. The summed E-state index contributed by atoms with van der Waals surface area (Å²) in [7, 11) is 0. The van der Waals surface area contributed by atoms with E-state index in [9.17, 15) is 0 Å². The van der Waals surface area contributed by atoms with Crippen LogP contribution in [0.1, 0.15) is 26.7 Å². The number of halogens is 1. The largest absolute Gasteiger partial charge is 0.463 e. The summed E-state index contributed by atoms with van der Waals surface area (Å²) in [4.78, 5) is 8.06. The van der Waals surface area contributed by atoms with Crippen molar-refractivity contribution in [2.45, 2.75) is 26.7 Å². The molecule has 0 amide bonds. The van der Waals surface area contributed by atoms with Gasteiger partial charge in [-0.25, -0.2) is 9.97 Å². The van der Waals surface area contributed by atoms with Crippen LogP contribution in [0.3, 0.4) is 0 Å². The molecule has 0 saturated heterocycles. The van der Waals surface area contributed by atoms with Crippen molar-refractivity contribution in [1.82, 2.24) is 9.97 Å². The molecule has 3 nitrogen and oxygen atoms in total. The van der Waals surface area contributed by atoms with Gasteiger partial charge in [-0.15, -0.1) is 0 Å². The van der Waals surface area contributed by atoms with Gasteiger partial charge in [0.2, 0.25) is 0 Å². The lowest BCUT2D eigenvalue weighted by Crippen LogP contribution is -2.09. The molecule has 1 atom stereocenters. The highest BCUT2D eigenvalue weighted by molar-refractivity contribution is 9.10. The quantitative estimate of drug-likeness (QED) is 0.815. The summed E-state index contributed by atoms with van der Waals surface area (Å²) in [6.07, 6.45) is 5.74. The molecule has 14 heavy (non-hydrogen) atoms. The summed E-state index contributed by atoms with van der Waals surface area (Å²) in [5.74, 6) is 0.562. The standard InChI is InChI=1S/C10H15BrN2O/c1-3-4-8(2)7-14-10-12-5-9(11)6-13-10/h5-6,8H,3-4,7H2,1-2H3. The van der Waals surface area contributed by atoms with Crippen LogP contribution in [0.4, 0.5) is 0 Å². The zero-order chi connectivity index (χ0) is 10.4. The van der Waals surface area contributed by atoms with E-state index >= 15 is 0 Å². The summed E-state index contributed by atoms with van der Waals surface area (Å²) >= 11 is 3.27. The predicted octanol–water partition coefficient (Wildman–Crippen LogP) is 3.05. The van der Waals surface area contributed by atoms with E-state index in [-0.39, 0.29) is 0 Å². The van der Waals surface area contributed by atoms with Crippen molar-refractivity contribution in [2.75, 3.05) is 6.61 Å². The smallest absolute Gasteiger partial charge is 0.316 e. The van der Waals surface area contributed by atoms with E-state index in [1.54, 1.807) is 12.4 Å². The number of rotatable bonds is 5. The van der Waals surface area contributed by atoms with Crippen LogP contribution in [0, 0.1) is 5.92 Å². The van der Waals surface area contributed by atoms with Gasteiger partial charge < -0.3 is 4.74 Å². The van der Waals surface area contributed by atoms with Gasteiger partial charge in [0.05, 0.1) is 11.1 Å². The second kappa shape index (κ2) is 5.96. The topological polar surface area (TPSA) is 35.0 Å². The first-order valence-corrected chi connectivity index (χ1v) is 5.62. The number of hydrogen-bond acceptors (Lipinski definition) is 3. The van der Waals surface area contributed by atoms with Crippen LogP contribution in [-0.4, -0.2) is 16.6 Å². The molecule has 4 heteroatoms. The van der Waals surface area contributed by atoms with Crippen molar-refractivity contribution in [3.8, 4) is 6.01 Å². The molecule has 0 radical (unpaired) electrons. The Morgan fingerprint density at radius 2 is 2.07 bits per heavy atom. The SMILES string of the molecule is CCCC(C)COc1ncc(Br)cn1. The number of nitrogens with zero attached hydrogens (tertiary/aromatic N) is 2. The zero-order valence-corrected chi connectivity index (χ0v) is 10.1. The Morgan fingerprint density at radius 1 is 1.43 bits per heavy atom. The fourth-order valence-corrected chi connectivity index (χ4v) is 1.37. The van der Waals surface area contributed by atoms with Crippen molar-refractivity contribution in [1.29, 1.82) is 0 Å². The first-order chi connectivity index (χ1) is 6.72. The van der Waals surface area contributed by atoms with E-state index in [1.807, 2.05) is 0 Å². The Bertz CT molecular complexity index is 263. The Kier molecular flexibility index (Phi) is 4.87. The van der Waals surface area contributed by atoms with E-state index in [1.165, 1.54) is 12.8 Å². The Labute approximate surface area is 93.0 Å². The van der Waals surface area contributed by atoms with Crippen molar-refractivity contribution in [2.24, 2.45) is 5.92 Å². The maximum absolute atomic E-state index is 5.43. The number of ether oxygens (including phenoxy) is 1.